The van der Waals surface area contributed by atoms with Crippen molar-refractivity contribution in [3.05, 3.63) is 46.0 Å². The van der Waals surface area contributed by atoms with Crippen LogP contribution >= 0.6 is 0 Å². The molecule has 0 bridgehead atoms. The van der Waals surface area contributed by atoms with Gasteiger partial charge in [0.1, 0.15) is 5.69 Å². The number of hydrogen-bond donors (Lipinski definition) is 2. The van der Waals surface area contributed by atoms with Gasteiger partial charge in [-0.25, -0.2) is 9.78 Å². The summed E-state index contributed by atoms with van der Waals surface area (Å²) in [4.78, 5) is 50.6. The second kappa shape index (κ2) is 7.34. The number of rotatable bonds is 3. The van der Waals surface area contributed by atoms with Gasteiger partial charge < -0.3 is 20.1 Å². The number of aromatic amines is 1. The normalized spacial score (nSPS) is 13.1. The third kappa shape index (κ3) is 3.71. The number of pyridine rings is 1. The molecule has 3 rings (SSSR count). The van der Waals surface area contributed by atoms with Crippen molar-refractivity contribution in [1.29, 1.82) is 0 Å². The van der Waals surface area contributed by atoms with Crippen LogP contribution in [0.4, 0.5) is 4.79 Å². The average Bonchev–Trinajstić information content (AvgIpc) is 2.65. The molecule has 2 aromatic heterocycles. The van der Waals surface area contributed by atoms with E-state index in [0.717, 1.165) is 0 Å². The summed E-state index contributed by atoms with van der Waals surface area (Å²) >= 11 is 0. The molecule has 1 aliphatic heterocycles. The molecule has 0 fully saturated rings. The highest BCUT2D eigenvalue weighted by Gasteiger charge is 2.25. The van der Waals surface area contributed by atoms with E-state index in [1.54, 1.807) is 37.3 Å². The summed E-state index contributed by atoms with van der Waals surface area (Å²) in [5, 5.41) is 2.55. The summed E-state index contributed by atoms with van der Waals surface area (Å²) in [6.45, 7) is 0.551. The molecule has 0 unspecified atom stereocenters. The monoisotopic (exact) mass is 356 g/mol. The Bertz CT molecular complexity index is 878. The molecule has 3 heterocycles. The maximum Gasteiger partial charge on any atom is 0.317 e. The van der Waals surface area contributed by atoms with E-state index in [0.29, 0.717) is 35.7 Å². The zero-order valence-corrected chi connectivity index (χ0v) is 14.7. The molecule has 1 aliphatic rings. The number of amides is 3. The number of urea groups is 1. The number of hydrogen-bond acceptors (Lipinski definition) is 5. The van der Waals surface area contributed by atoms with Crippen LogP contribution in [0.1, 0.15) is 11.3 Å². The van der Waals surface area contributed by atoms with Crippen LogP contribution in [-0.4, -0.2) is 63.9 Å². The van der Waals surface area contributed by atoms with E-state index >= 15 is 0 Å². The van der Waals surface area contributed by atoms with Gasteiger partial charge in [-0.15, -0.1) is 0 Å². The highest BCUT2D eigenvalue weighted by Crippen LogP contribution is 2.17. The Labute approximate surface area is 150 Å². The highest BCUT2D eigenvalue weighted by atomic mass is 16.2. The first-order valence-corrected chi connectivity index (χ1v) is 8.22. The number of H-pyrrole nitrogens is 1. The van der Waals surface area contributed by atoms with Crippen LogP contribution in [0.3, 0.4) is 0 Å². The van der Waals surface area contributed by atoms with Gasteiger partial charge in [0, 0.05) is 32.4 Å². The molecule has 26 heavy (non-hydrogen) atoms. The van der Waals surface area contributed by atoms with E-state index in [-0.39, 0.29) is 30.6 Å². The average molecular weight is 356 g/mol. The fourth-order valence-corrected chi connectivity index (χ4v) is 2.70. The molecule has 0 saturated carbocycles. The minimum absolute atomic E-state index is 0.0946. The first-order chi connectivity index (χ1) is 12.5. The quantitative estimate of drug-likeness (QED) is 0.803. The van der Waals surface area contributed by atoms with Gasteiger partial charge in [0.05, 0.1) is 18.8 Å². The van der Waals surface area contributed by atoms with Crippen molar-refractivity contribution in [1.82, 2.24) is 30.1 Å². The Hall–Kier alpha value is -3.23. The summed E-state index contributed by atoms with van der Waals surface area (Å²) < 4.78 is 0. The molecule has 9 heteroatoms. The topological polar surface area (TPSA) is 111 Å². The second-order valence-corrected chi connectivity index (χ2v) is 6.17. The van der Waals surface area contributed by atoms with Crippen molar-refractivity contribution in [2.75, 3.05) is 27.2 Å². The van der Waals surface area contributed by atoms with Gasteiger partial charge in [0.2, 0.25) is 5.91 Å². The molecule has 9 nitrogen and oxygen atoms in total. The molecule has 136 valence electrons. The Kier molecular flexibility index (Phi) is 4.97. The Morgan fingerprint density at radius 2 is 2.15 bits per heavy atom. The molecule has 0 aliphatic carbocycles. The predicted octanol–water partition coefficient (Wildman–Crippen LogP) is -0.0122. The summed E-state index contributed by atoms with van der Waals surface area (Å²) in [5.41, 5.74) is 1.51. The van der Waals surface area contributed by atoms with Crippen LogP contribution in [0.5, 0.6) is 0 Å². The van der Waals surface area contributed by atoms with Crippen LogP contribution in [0.2, 0.25) is 0 Å². The number of carbonyl (C=O) groups excluding carboxylic acids is 2. The van der Waals surface area contributed by atoms with Gasteiger partial charge in [-0.05, 0) is 18.6 Å². The zero-order chi connectivity index (χ0) is 18.7. The second-order valence-electron chi connectivity index (χ2n) is 6.17. The lowest BCUT2D eigenvalue weighted by molar-refractivity contribution is -0.131. The fraction of sp³-hybridized carbons (Fsp3) is 0.353. The molecule has 0 spiro atoms. The summed E-state index contributed by atoms with van der Waals surface area (Å²) in [6, 6.07) is 5.02. The van der Waals surface area contributed by atoms with Crippen molar-refractivity contribution in [2.45, 2.75) is 13.0 Å². The highest BCUT2D eigenvalue weighted by molar-refractivity contribution is 5.84. The van der Waals surface area contributed by atoms with E-state index < -0.39 is 0 Å². The van der Waals surface area contributed by atoms with Gasteiger partial charge >= 0.3 is 6.03 Å². The number of aromatic nitrogens is 3. The summed E-state index contributed by atoms with van der Waals surface area (Å²) in [5.74, 6) is 0.164. The SMILES string of the molecule is CN(C)C(=O)NCC(=O)N1CCc2c(nc(-c3ccccn3)[nH]c2=O)C1. The minimum atomic E-state index is -0.331. The van der Waals surface area contributed by atoms with Crippen molar-refractivity contribution in [3.8, 4) is 11.5 Å². The molecular formula is C17H20N6O3. The summed E-state index contributed by atoms with van der Waals surface area (Å²) in [7, 11) is 3.21. The van der Waals surface area contributed by atoms with E-state index in [2.05, 4.69) is 20.3 Å². The van der Waals surface area contributed by atoms with Crippen LogP contribution in [0.15, 0.2) is 29.2 Å². The van der Waals surface area contributed by atoms with Crippen LogP contribution in [0, 0.1) is 0 Å². The molecule has 0 aromatic carbocycles. The maximum atomic E-state index is 12.3. The van der Waals surface area contributed by atoms with Gasteiger partial charge in [-0.3, -0.25) is 14.6 Å². The Morgan fingerprint density at radius 1 is 1.35 bits per heavy atom. The predicted molar refractivity (Wildman–Crippen MR) is 94.3 cm³/mol. The Balaban J connectivity index is 1.77. The van der Waals surface area contributed by atoms with Crippen molar-refractivity contribution < 1.29 is 9.59 Å². The van der Waals surface area contributed by atoms with Crippen LogP contribution in [0.25, 0.3) is 11.5 Å². The Morgan fingerprint density at radius 3 is 2.85 bits per heavy atom. The molecule has 0 atom stereocenters. The minimum Gasteiger partial charge on any atom is -0.335 e. The maximum absolute atomic E-state index is 12.3. The smallest absolute Gasteiger partial charge is 0.317 e. The first kappa shape index (κ1) is 17.6. The molecular weight excluding hydrogens is 336 g/mol. The number of carbonyl (C=O) groups is 2. The van der Waals surface area contributed by atoms with Crippen molar-refractivity contribution >= 4 is 11.9 Å². The van der Waals surface area contributed by atoms with Crippen LogP contribution in [-0.2, 0) is 17.8 Å². The number of nitrogens with zero attached hydrogens (tertiary/aromatic N) is 4. The van der Waals surface area contributed by atoms with E-state index in [4.69, 9.17) is 0 Å². The van der Waals surface area contributed by atoms with Crippen molar-refractivity contribution in [2.24, 2.45) is 0 Å². The van der Waals surface area contributed by atoms with Gasteiger partial charge in [0.15, 0.2) is 5.82 Å². The van der Waals surface area contributed by atoms with E-state index in [1.807, 2.05) is 6.07 Å². The molecule has 0 saturated heterocycles. The van der Waals surface area contributed by atoms with Crippen molar-refractivity contribution in [3.63, 3.8) is 0 Å². The lowest BCUT2D eigenvalue weighted by Crippen LogP contribution is -2.45. The van der Waals surface area contributed by atoms with E-state index in [1.165, 1.54) is 4.90 Å². The lowest BCUT2D eigenvalue weighted by Gasteiger charge is -2.28. The number of fused-ring (bicyclic) bond motifs is 1. The third-order valence-corrected chi connectivity index (χ3v) is 4.13. The third-order valence-electron chi connectivity index (χ3n) is 4.13. The lowest BCUT2D eigenvalue weighted by atomic mass is 10.1. The van der Waals surface area contributed by atoms with Crippen LogP contribution < -0.4 is 10.9 Å². The molecule has 2 N–H and O–H groups in total. The molecule has 2 aromatic rings. The number of nitrogens with one attached hydrogen (secondary N) is 2. The molecule has 0 radical (unpaired) electrons. The van der Waals surface area contributed by atoms with Gasteiger partial charge in [0.25, 0.3) is 5.56 Å². The first-order valence-electron chi connectivity index (χ1n) is 8.22. The standard InChI is InChI=1S/C17H20N6O3/c1-22(2)17(26)19-9-14(24)23-8-6-11-13(10-23)20-15(21-16(11)25)12-5-3-4-7-18-12/h3-5,7H,6,8-10H2,1-2H3,(H,19,26)(H,20,21,25). The van der Waals surface area contributed by atoms with E-state index in [9.17, 15) is 14.4 Å². The largest absolute Gasteiger partial charge is 0.335 e. The zero-order valence-electron chi connectivity index (χ0n) is 14.7. The fourth-order valence-electron chi connectivity index (χ4n) is 2.70. The molecule has 3 amide bonds. The van der Waals surface area contributed by atoms with Gasteiger partial charge in [-0.1, -0.05) is 6.07 Å². The summed E-state index contributed by atoms with van der Waals surface area (Å²) in [6.07, 6.45) is 2.05. The van der Waals surface area contributed by atoms with Gasteiger partial charge in [-0.2, -0.15) is 0 Å².